The molecule has 178 valence electrons. The fourth-order valence-corrected chi connectivity index (χ4v) is 3.54. The van der Waals surface area contributed by atoms with E-state index in [1.165, 1.54) is 42.5 Å². The molecule has 4 aromatic rings. The number of thioether (sulfide) groups is 1. The molecule has 0 radical (unpaired) electrons. The average molecular weight is 495 g/mol. The zero-order valence-corrected chi connectivity index (χ0v) is 19.0. The van der Waals surface area contributed by atoms with Gasteiger partial charge in [-0.15, -0.1) is 10.2 Å². The number of hydrogen-bond acceptors (Lipinski definition) is 9. The van der Waals surface area contributed by atoms with Crippen molar-refractivity contribution in [2.45, 2.75) is 5.22 Å². The van der Waals surface area contributed by atoms with Crippen molar-refractivity contribution in [3.8, 4) is 17.2 Å². The summed E-state index contributed by atoms with van der Waals surface area (Å²) in [7, 11) is 1.57. The predicted octanol–water partition coefficient (Wildman–Crippen LogP) is 5.27. The first kappa shape index (κ1) is 23.7. The van der Waals surface area contributed by atoms with Gasteiger partial charge in [0.1, 0.15) is 11.6 Å². The standard InChI is InChI=1S/C23H18FN5O5S/c1-33-18-9-2-14(3-10-18)22-27-28-23(34-22)35-13-21(30)26-20-12-17(29(31)32)8-11-19(20)25-16-6-4-15(24)5-7-16/h2-12,25H,13H2,1H3,(H,26,30). The first-order valence-electron chi connectivity index (χ1n) is 10.1. The number of carbonyl (C=O) groups is 1. The smallest absolute Gasteiger partial charge is 0.277 e. The van der Waals surface area contributed by atoms with Crippen LogP contribution in [0, 0.1) is 15.9 Å². The highest BCUT2D eigenvalue weighted by Gasteiger charge is 2.16. The van der Waals surface area contributed by atoms with E-state index in [4.69, 9.17) is 9.15 Å². The Morgan fingerprint density at radius 2 is 1.83 bits per heavy atom. The van der Waals surface area contributed by atoms with Gasteiger partial charge in [-0.25, -0.2) is 4.39 Å². The third kappa shape index (κ3) is 6.12. The number of hydrogen-bond donors (Lipinski definition) is 2. The van der Waals surface area contributed by atoms with E-state index < -0.39 is 16.6 Å². The van der Waals surface area contributed by atoms with E-state index in [1.807, 2.05) is 0 Å². The maximum absolute atomic E-state index is 13.2. The van der Waals surface area contributed by atoms with Gasteiger partial charge in [-0.3, -0.25) is 14.9 Å². The second kappa shape index (κ2) is 10.7. The second-order valence-corrected chi connectivity index (χ2v) is 7.98. The van der Waals surface area contributed by atoms with Crippen molar-refractivity contribution in [1.29, 1.82) is 0 Å². The van der Waals surface area contributed by atoms with E-state index >= 15 is 0 Å². The number of benzene rings is 3. The minimum absolute atomic E-state index is 0.0804. The van der Waals surface area contributed by atoms with E-state index in [-0.39, 0.29) is 22.4 Å². The summed E-state index contributed by atoms with van der Waals surface area (Å²) in [4.78, 5) is 23.2. The molecule has 10 nitrogen and oxygen atoms in total. The van der Waals surface area contributed by atoms with Crippen LogP contribution in [0.3, 0.4) is 0 Å². The summed E-state index contributed by atoms with van der Waals surface area (Å²) >= 11 is 1.02. The first-order chi connectivity index (χ1) is 16.9. The van der Waals surface area contributed by atoms with Crippen LogP contribution in [0.1, 0.15) is 0 Å². The lowest BCUT2D eigenvalue weighted by atomic mass is 10.2. The van der Waals surface area contributed by atoms with E-state index in [2.05, 4.69) is 20.8 Å². The average Bonchev–Trinajstić information content (AvgIpc) is 3.34. The van der Waals surface area contributed by atoms with E-state index in [0.29, 0.717) is 28.6 Å². The number of anilines is 3. The van der Waals surface area contributed by atoms with Gasteiger partial charge < -0.3 is 19.8 Å². The molecule has 0 saturated carbocycles. The molecule has 2 N–H and O–H groups in total. The van der Waals surface area contributed by atoms with Crippen molar-refractivity contribution in [2.24, 2.45) is 0 Å². The lowest BCUT2D eigenvalue weighted by molar-refractivity contribution is -0.384. The third-order valence-corrected chi connectivity index (χ3v) is 5.50. The minimum Gasteiger partial charge on any atom is -0.497 e. The summed E-state index contributed by atoms with van der Waals surface area (Å²) in [5, 5.41) is 25.0. The number of nitrogens with one attached hydrogen (secondary N) is 2. The molecular weight excluding hydrogens is 477 g/mol. The van der Waals surface area contributed by atoms with Gasteiger partial charge in [0.2, 0.25) is 11.8 Å². The fraction of sp³-hybridized carbons (Fsp3) is 0.0870. The summed E-state index contributed by atoms with van der Waals surface area (Å²) in [6, 6.07) is 16.6. The number of amides is 1. The Balaban J connectivity index is 1.43. The highest BCUT2D eigenvalue weighted by molar-refractivity contribution is 7.99. The van der Waals surface area contributed by atoms with Gasteiger partial charge in [-0.05, 0) is 54.6 Å². The Bertz CT molecular complexity index is 1350. The highest BCUT2D eigenvalue weighted by atomic mass is 32.2. The van der Waals surface area contributed by atoms with Gasteiger partial charge in [0.15, 0.2) is 0 Å². The number of ether oxygens (including phenoxy) is 1. The number of non-ortho nitro benzene ring substituents is 1. The van der Waals surface area contributed by atoms with E-state index in [1.54, 1.807) is 31.4 Å². The topological polar surface area (TPSA) is 132 Å². The van der Waals surface area contributed by atoms with Crippen LogP contribution in [0.15, 0.2) is 76.4 Å². The van der Waals surface area contributed by atoms with Crippen LogP contribution in [0.2, 0.25) is 0 Å². The Morgan fingerprint density at radius 1 is 1.09 bits per heavy atom. The molecule has 35 heavy (non-hydrogen) atoms. The van der Waals surface area contributed by atoms with Crippen LogP contribution < -0.4 is 15.4 Å². The molecule has 0 bridgehead atoms. The molecule has 0 aliphatic carbocycles. The van der Waals surface area contributed by atoms with Crippen molar-refractivity contribution in [1.82, 2.24) is 10.2 Å². The normalized spacial score (nSPS) is 10.6. The molecule has 1 heterocycles. The molecule has 0 fully saturated rings. The number of nitro benzene ring substituents is 1. The van der Waals surface area contributed by atoms with Crippen LogP contribution in [0.4, 0.5) is 27.1 Å². The molecule has 1 amide bonds. The minimum atomic E-state index is -0.564. The number of carbonyl (C=O) groups excluding carboxylic acids is 1. The molecule has 1 aromatic heterocycles. The Kier molecular flexibility index (Phi) is 7.21. The summed E-state index contributed by atoms with van der Waals surface area (Å²) in [5.74, 6) is 0.0555. The Morgan fingerprint density at radius 3 is 2.51 bits per heavy atom. The third-order valence-electron chi connectivity index (χ3n) is 4.68. The lowest BCUT2D eigenvalue weighted by Crippen LogP contribution is -2.15. The number of rotatable bonds is 9. The SMILES string of the molecule is COc1ccc(-c2nnc(SCC(=O)Nc3cc([N+](=O)[O-])ccc3Nc3ccc(F)cc3)o2)cc1. The molecule has 0 aliphatic heterocycles. The summed E-state index contributed by atoms with van der Waals surface area (Å²) < 4.78 is 23.9. The quantitative estimate of drug-likeness (QED) is 0.181. The maximum Gasteiger partial charge on any atom is 0.277 e. The number of nitrogens with zero attached hydrogens (tertiary/aromatic N) is 3. The second-order valence-electron chi connectivity index (χ2n) is 7.06. The van der Waals surface area contributed by atoms with Gasteiger partial charge in [0.05, 0.1) is 29.2 Å². The number of nitro groups is 1. The van der Waals surface area contributed by atoms with Crippen molar-refractivity contribution in [3.63, 3.8) is 0 Å². The zero-order valence-electron chi connectivity index (χ0n) is 18.2. The van der Waals surface area contributed by atoms with Crippen molar-refractivity contribution >= 4 is 40.4 Å². The largest absolute Gasteiger partial charge is 0.497 e. The van der Waals surface area contributed by atoms with Crippen molar-refractivity contribution < 1.29 is 23.3 Å². The summed E-state index contributed by atoms with van der Waals surface area (Å²) in [5.41, 5.74) is 1.64. The van der Waals surface area contributed by atoms with Crippen molar-refractivity contribution in [3.05, 3.63) is 82.7 Å². The predicted molar refractivity (Wildman–Crippen MR) is 128 cm³/mol. The zero-order chi connectivity index (χ0) is 24.8. The monoisotopic (exact) mass is 495 g/mol. The lowest BCUT2D eigenvalue weighted by Gasteiger charge is -2.13. The molecule has 12 heteroatoms. The molecule has 0 aliphatic rings. The fourth-order valence-electron chi connectivity index (χ4n) is 2.98. The van der Waals surface area contributed by atoms with Gasteiger partial charge in [-0.2, -0.15) is 0 Å². The molecule has 0 atom stereocenters. The first-order valence-corrected chi connectivity index (χ1v) is 11.1. The van der Waals surface area contributed by atoms with Gasteiger partial charge in [0, 0.05) is 23.4 Å². The van der Waals surface area contributed by atoms with Gasteiger partial charge in [-0.1, -0.05) is 11.8 Å². The number of halogens is 1. The molecule has 4 rings (SSSR count). The van der Waals surface area contributed by atoms with Crippen LogP contribution in [-0.4, -0.2) is 33.9 Å². The van der Waals surface area contributed by atoms with Crippen LogP contribution in [0.5, 0.6) is 5.75 Å². The molecular formula is C23H18FN5O5S. The van der Waals surface area contributed by atoms with Gasteiger partial charge >= 0.3 is 0 Å². The molecule has 0 unspecified atom stereocenters. The summed E-state index contributed by atoms with van der Waals surface area (Å²) in [6.07, 6.45) is 0. The van der Waals surface area contributed by atoms with Crippen LogP contribution in [0.25, 0.3) is 11.5 Å². The highest BCUT2D eigenvalue weighted by Crippen LogP contribution is 2.30. The summed E-state index contributed by atoms with van der Waals surface area (Å²) in [6.45, 7) is 0. The van der Waals surface area contributed by atoms with E-state index in [9.17, 15) is 19.3 Å². The Hall–Kier alpha value is -4.45. The van der Waals surface area contributed by atoms with Gasteiger partial charge in [0.25, 0.3) is 10.9 Å². The Labute approximate surface area is 202 Å². The molecule has 3 aromatic carbocycles. The number of aromatic nitrogens is 2. The maximum atomic E-state index is 13.2. The number of methoxy groups -OCH3 is 1. The van der Waals surface area contributed by atoms with Crippen LogP contribution >= 0.6 is 11.8 Å². The van der Waals surface area contributed by atoms with Crippen molar-refractivity contribution in [2.75, 3.05) is 23.5 Å². The van der Waals surface area contributed by atoms with E-state index in [0.717, 1.165) is 11.8 Å². The molecule has 0 saturated heterocycles. The molecule has 0 spiro atoms. The van der Waals surface area contributed by atoms with Crippen LogP contribution in [-0.2, 0) is 4.79 Å².